The number of carboxylic acid groups (broad SMARTS) is 1. The fraction of sp³-hybridized carbons (Fsp3) is 0.640. The van der Waals surface area contributed by atoms with E-state index in [0.29, 0.717) is 36.7 Å². The molecule has 1 atom stereocenters. The molecule has 1 spiro atoms. The lowest BCUT2D eigenvalue weighted by Gasteiger charge is -2.52. The van der Waals surface area contributed by atoms with Crippen molar-refractivity contribution in [1.82, 2.24) is 15.1 Å². The molecular weight excluding hydrogens is 439 g/mol. The minimum atomic E-state index is -0.798. The zero-order chi connectivity index (χ0) is 23.9. The van der Waals surface area contributed by atoms with Crippen molar-refractivity contribution in [3.8, 4) is 0 Å². The first-order valence-electron chi connectivity index (χ1n) is 12.4. The van der Waals surface area contributed by atoms with Crippen LogP contribution in [-0.4, -0.2) is 78.6 Å². The van der Waals surface area contributed by atoms with Crippen LogP contribution >= 0.6 is 0 Å². The van der Waals surface area contributed by atoms with Crippen molar-refractivity contribution in [1.29, 1.82) is 0 Å². The Hall–Kier alpha value is -2.68. The lowest BCUT2D eigenvalue weighted by molar-refractivity contribution is -0.134. The lowest BCUT2D eigenvalue weighted by atomic mass is 9.66. The van der Waals surface area contributed by atoms with Gasteiger partial charge in [0, 0.05) is 57.6 Å². The van der Waals surface area contributed by atoms with Gasteiger partial charge in [0.1, 0.15) is 5.82 Å². The molecule has 1 aromatic rings. The fourth-order valence-corrected chi connectivity index (χ4v) is 6.23. The van der Waals surface area contributed by atoms with Gasteiger partial charge in [-0.05, 0) is 55.7 Å². The maximum Gasteiger partial charge on any atom is 0.407 e. The molecule has 5 rings (SSSR count). The highest BCUT2D eigenvalue weighted by Crippen LogP contribution is 2.45. The number of benzene rings is 1. The fourth-order valence-electron chi connectivity index (χ4n) is 6.23. The third-order valence-electron chi connectivity index (χ3n) is 8.33. The molecule has 9 heteroatoms. The van der Waals surface area contributed by atoms with Crippen LogP contribution in [0.4, 0.5) is 14.9 Å². The number of piperidine rings is 1. The summed E-state index contributed by atoms with van der Waals surface area (Å²) in [5.74, 6) is -0.747. The van der Waals surface area contributed by atoms with Gasteiger partial charge in [-0.3, -0.25) is 19.8 Å². The number of halogens is 1. The molecular formula is C25H33FN4O4. The van der Waals surface area contributed by atoms with E-state index in [4.69, 9.17) is 5.11 Å². The Morgan fingerprint density at radius 1 is 1.09 bits per heavy atom. The predicted molar refractivity (Wildman–Crippen MR) is 124 cm³/mol. The molecule has 0 bridgehead atoms. The molecule has 1 aliphatic carbocycles. The van der Waals surface area contributed by atoms with Crippen LogP contribution < -0.4 is 10.2 Å². The van der Waals surface area contributed by atoms with Crippen LogP contribution in [0.1, 0.15) is 50.0 Å². The number of anilines is 1. The van der Waals surface area contributed by atoms with Gasteiger partial charge in [-0.25, -0.2) is 9.18 Å². The second-order valence-corrected chi connectivity index (χ2v) is 10.6. The number of hydrogen-bond donors (Lipinski definition) is 2. The molecule has 1 aromatic carbocycles. The SMILES string of the molecule is O=C1CCC(c2ccc(N3CCN(CC4CCC5(CC4)CN(C(=O)O)C5)CC3)c(F)c2)C(=O)N1. The van der Waals surface area contributed by atoms with Crippen LogP contribution in [0.3, 0.4) is 0 Å². The lowest BCUT2D eigenvalue weighted by Crippen LogP contribution is -2.59. The van der Waals surface area contributed by atoms with E-state index in [1.807, 2.05) is 6.07 Å². The molecule has 3 heterocycles. The van der Waals surface area contributed by atoms with Gasteiger partial charge in [-0.2, -0.15) is 0 Å². The van der Waals surface area contributed by atoms with Gasteiger partial charge in [-0.1, -0.05) is 6.07 Å². The summed E-state index contributed by atoms with van der Waals surface area (Å²) >= 11 is 0. The second-order valence-electron chi connectivity index (χ2n) is 10.6. The van der Waals surface area contributed by atoms with Crippen molar-refractivity contribution in [3.63, 3.8) is 0 Å². The number of likely N-dealkylation sites (tertiary alicyclic amines) is 1. The standard InChI is InChI=1S/C25H33FN4O4/c26-20-13-18(19-2-4-22(31)27-23(19)32)1-3-21(20)29-11-9-28(10-12-29)14-17-5-7-25(8-6-17)15-30(16-25)24(33)34/h1,3,13,17,19H,2,4-12,14-16H2,(H,33,34)(H,27,31,32). The molecule has 2 N–H and O–H groups in total. The van der Waals surface area contributed by atoms with Crippen molar-refractivity contribution in [3.05, 3.63) is 29.6 Å². The average Bonchev–Trinajstić information content (AvgIpc) is 2.79. The summed E-state index contributed by atoms with van der Waals surface area (Å²) in [7, 11) is 0. The van der Waals surface area contributed by atoms with E-state index in [1.54, 1.807) is 6.07 Å². The quantitative estimate of drug-likeness (QED) is 0.655. The summed E-state index contributed by atoms with van der Waals surface area (Å²) in [6.07, 6.45) is 4.45. The summed E-state index contributed by atoms with van der Waals surface area (Å²) in [5, 5.41) is 11.4. The van der Waals surface area contributed by atoms with E-state index in [2.05, 4.69) is 15.1 Å². The number of nitrogens with one attached hydrogen (secondary N) is 1. The van der Waals surface area contributed by atoms with E-state index >= 15 is 0 Å². The normalized spacial score (nSPS) is 25.9. The number of rotatable bonds is 4. The Bertz CT molecular complexity index is 962. The summed E-state index contributed by atoms with van der Waals surface area (Å²) in [5.41, 5.74) is 1.42. The molecule has 0 aromatic heterocycles. The molecule has 0 radical (unpaired) electrons. The van der Waals surface area contributed by atoms with Crippen molar-refractivity contribution in [2.24, 2.45) is 11.3 Å². The first kappa shape index (κ1) is 23.1. The molecule has 1 unspecified atom stereocenters. The molecule has 4 aliphatic rings. The van der Waals surface area contributed by atoms with Crippen molar-refractivity contribution in [2.45, 2.75) is 44.4 Å². The molecule has 8 nitrogen and oxygen atoms in total. The van der Waals surface area contributed by atoms with Crippen molar-refractivity contribution in [2.75, 3.05) is 50.7 Å². The van der Waals surface area contributed by atoms with Gasteiger partial charge in [0.15, 0.2) is 0 Å². The largest absolute Gasteiger partial charge is 0.465 e. The van der Waals surface area contributed by atoms with Gasteiger partial charge in [0.05, 0.1) is 11.6 Å². The third kappa shape index (κ3) is 4.62. The van der Waals surface area contributed by atoms with E-state index < -0.39 is 12.0 Å². The van der Waals surface area contributed by atoms with Crippen LogP contribution in [0.2, 0.25) is 0 Å². The van der Waals surface area contributed by atoms with Gasteiger partial charge >= 0.3 is 6.09 Å². The van der Waals surface area contributed by atoms with E-state index in [-0.39, 0.29) is 29.5 Å². The smallest absolute Gasteiger partial charge is 0.407 e. The Morgan fingerprint density at radius 3 is 2.41 bits per heavy atom. The topological polar surface area (TPSA) is 93.2 Å². The van der Waals surface area contributed by atoms with Crippen LogP contribution in [0.5, 0.6) is 0 Å². The van der Waals surface area contributed by atoms with Crippen molar-refractivity contribution >= 4 is 23.6 Å². The van der Waals surface area contributed by atoms with Crippen LogP contribution in [0, 0.1) is 17.2 Å². The number of carbonyl (C=O) groups excluding carboxylic acids is 2. The summed E-state index contributed by atoms with van der Waals surface area (Å²) in [6, 6.07) is 5.03. The second kappa shape index (κ2) is 9.17. The Labute approximate surface area is 199 Å². The summed E-state index contributed by atoms with van der Waals surface area (Å²) in [4.78, 5) is 40.6. The number of carbonyl (C=O) groups is 3. The predicted octanol–water partition coefficient (Wildman–Crippen LogP) is 2.64. The first-order chi connectivity index (χ1) is 16.3. The molecule has 4 fully saturated rings. The number of imide groups is 1. The highest BCUT2D eigenvalue weighted by atomic mass is 19.1. The number of amides is 3. The van der Waals surface area contributed by atoms with Crippen LogP contribution in [0.15, 0.2) is 18.2 Å². The summed E-state index contributed by atoms with van der Waals surface area (Å²) in [6.45, 7) is 5.76. The molecule has 3 aliphatic heterocycles. The monoisotopic (exact) mass is 472 g/mol. The highest BCUT2D eigenvalue weighted by molar-refractivity contribution is 6.00. The molecule has 34 heavy (non-hydrogen) atoms. The molecule has 1 saturated carbocycles. The minimum absolute atomic E-state index is 0.227. The number of hydrogen-bond acceptors (Lipinski definition) is 5. The minimum Gasteiger partial charge on any atom is -0.465 e. The van der Waals surface area contributed by atoms with E-state index in [0.717, 1.165) is 58.4 Å². The van der Waals surface area contributed by atoms with E-state index in [1.165, 1.54) is 11.0 Å². The van der Waals surface area contributed by atoms with Crippen LogP contribution in [-0.2, 0) is 9.59 Å². The zero-order valence-corrected chi connectivity index (χ0v) is 19.5. The highest BCUT2D eigenvalue weighted by Gasteiger charge is 2.47. The number of piperazine rings is 1. The van der Waals surface area contributed by atoms with Gasteiger partial charge in [0.2, 0.25) is 11.8 Å². The van der Waals surface area contributed by atoms with E-state index in [9.17, 15) is 18.8 Å². The summed E-state index contributed by atoms with van der Waals surface area (Å²) < 4.78 is 15.0. The van der Waals surface area contributed by atoms with Gasteiger partial charge in [0.25, 0.3) is 0 Å². The van der Waals surface area contributed by atoms with Gasteiger partial charge in [-0.15, -0.1) is 0 Å². The molecule has 3 saturated heterocycles. The Kier molecular flexibility index (Phi) is 6.22. The maximum atomic E-state index is 15.0. The Balaban J connectivity index is 1.09. The number of nitrogens with zero attached hydrogens (tertiary/aromatic N) is 3. The third-order valence-corrected chi connectivity index (χ3v) is 8.33. The molecule has 3 amide bonds. The van der Waals surface area contributed by atoms with Gasteiger partial charge < -0.3 is 14.9 Å². The van der Waals surface area contributed by atoms with Crippen molar-refractivity contribution < 1.29 is 23.9 Å². The maximum absolute atomic E-state index is 15.0. The first-order valence-corrected chi connectivity index (χ1v) is 12.4. The zero-order valence-electron chi connectivity index (χ0n) is 19.5. The Morgan fingerprint density at radius 2 is 1.79 bits per heavy atom. The van der Waals surface area contributed by atoms with Crippen LogP contribution in [0.25, 0.3) is 0 Å². The molecule has 184 valence electrons. The average molecular weight is 473 g/mol.